The Balaban J connectivity index is 1.67. The van der Waals surface area contributed by atoms with Gasteiger partial charge in [-0.25, -0.2) is 4.98 Å². The molecule has 0 fully saturated rings. The van der Waals surface area contributed by atoms with Gasteiger partial charge in [0, 0.05) is 11.6 Å². The number of hydrogen-bond donors (Lipinski definition) is 1. The van der Waals surface area contributed by atoms with Crippen molar-refractivity contribution in [3.05, 3.63) is 90.5 Å². The number of ether oxygens (including phenoxy) is 1. The number of benzene rings is 2. The van der Waals surface area contributed by atoms with E-state index in [1.165, 1.54) is 12.1 Å². The fraction of sp³-hybridized carbons (Fsp3) is 0.0500. The van der Waals surface area contributed by atoms with Gasteiger partial charge in [-0.05, 0) is 61.7 Å². The largest absolute Gasteiger partial charge is 0.486 e. The van der Waals surface area contributed by atoms with Crippen molar-refractivity contribution in [3.8, 4) is 11.8 Å². The van der Waals surface area contributed by atoms with E-state index in [0.29, 0.717) is 26.1 Å². The van der Waals surface area contributed by atoms with Crippen LogP contribution in [0, 0.1) is 21.4 Å². The van der Waals surface area contributed by atoms with Crippen molar-refractivity contribution in [2.45, 2.75) is 6.61 Å². The summed E-state index contributed by atoms with van der Waals surface area (Å²) >= 11 is 6.97. The predicted molar refractivity (Wildman–Crippen MR) is 119 cm³/mol. The van der Waals surface area contributed by atoms with E-state index in [9.17, 15) is 15.4 Å². The highest BCUT2D eigenvalue weighted by Crippen LogP contribution is 2.35. The van der Waals surface area contributed by atoms with Crippen LogP contribution in [-0.2, 0) is 6.61 Å². The van der Waals surface area contributed by atoms with Gasteiger partial charge in [0.05, 0.1) is 31.7 Å². The Hall–Kier alpha value is -3.29. The first-order chi connectivity index (χ1) is 14.5. The maximum absolute atomic E-state index is 10.6. The van der Waals surface area contributed by atoms with Crippen LogP contribution < -0.4 is 10.2 Å². The fourth-order valence-electron chi connectivity index (χ4n) is 2.43. The SMILES string of the molecule is N#Cc1ccccc1COc1c(Br)cc(/C=N/Nc2ccc([N+](=O)[O-])cn2)cc1Br. The summed E-state index contributed by atoms with van der Waals surface area (Å²) in [6, 6.07) is 15.9. The lowest BCUT2D eigenvalue weighted by Gasteiger charge is -2.12. The monoisotopic (exact) mass is 529 g/mol. The standard InChI is InChI=1S/C20H13Br2N5O3/c21-17-7-13(10-25-26-19-6-5-16(11-24-19)27(28)29)8-18(22)20(17)30-12-15-4-2-1-3-14(15)9-23/h1-8,10-11H,12H2,(H,24,26)/b25-10+. The highest BCUT2D eigenvalue weighted by molar-refractivity contribution is 9.11. The summed E-state index contributed by atoms with van der Waals surface area (Å²) in [5.41, 5.74) is 4.76. The molecule has 0 aliphatic rings. The molecule has 0 radical (unpaired) electrons. The Morgan fingerprint density at radius 1 is 1.23 bits per heavy atom. The highest BCUT2D eigenvalue weighted by Gasteiger charge is 2.10. The zero-order valence-electron chi connectivity index (χ0n) is 15.3. The smallest absolute Gasteiger partial charge is 0.287 e. The molecule has 0 saturated carbocycles. The lowest BCUT2D eigenvalue weighted by Crippen LogP contribution is -2.00. The van der Waals surface area contributed by atoms with Gasteiger partial charge in [-0.15, -0.1) is 0 Å². The molecular weight excluding hydrogens is 518 g/mol. The molecule has 0 unspecified atom stereocenters. The van der Waals surface area contributed by atoms with Gasteiger partial charge in [0.25, 0.3) is 5.69 Å². The molecule has 2 aromatic carbocycles. The van der Waals surface area contributed by atoms with Crippen LogP contribution in [0.15, 0.2) is 68.8 Å². The van der Waals surface area contributed by atoms with Gasteiger partial charge < -0.3 is 4.74 Å². The third-order valence-electron chi connectivity index (χ3n) is 3.88. The van der Waals surface area contributed by atoms with E-state index < -0.39 is 4.92 Å². The average molecular weight is 531 g/mol. The molecule has 3 aromatic rings. The van der Waals surface area contributed by atoms with Crippen LogP contribution in [0.4, 0.5) is 11.5 Å². The van der Waals surface area contributed by atoms with Crippen molar-refractivity contribution in [1.29, 1.82) is 5.26 Å². The van der Waals surface area contributed by atoms with Crippen molar-refractivity contribution in [3.63, 3.8) is 0 Å². The summed E-state index contributed by atoms with van der Waals surface area (Å²) in [5, 5.41) is 23.9. The number of nitrogens with one attached hydrogen (secondary N) is 1. The maximum Gasteiger partial charge on any atom is 0.287 e. The van der Waals surface area contributed by atoms with E-state index in [1.807, 2.05) is 30.3 Å². The molecule has 0 spiro atoms. The molecule has 0 bridgehead atoms. The second-order valence-electron chi connectivity index (χ2n) is 5.90. The first-order valence-corrected chi connectivity index (χ1v) is 10.1. The number of hydrogen-bond acceptors (Lipinski definition) is 7. The van der Waals surface area contributed by atoms with Gasteiger partial charge in [0.1, 0.15) is 24.4 Å². The minimum absolute atomic E-state index is 0.0922. The van der Waals surface area contributed by atoms with Gasteiger partial charge in [-0.3, -0.25) is 15.5 Å². The lowest BCUT2D eigenvalue weighted by atomic mass is 10.1. The van der Waals surface area contributed by atoms with Crippen LogP contribution in [0.3, 0.4) is 0 Å². The second-order valence-corrected chi connectivity index (χ2v) is 7.61. The fourth-order valence-corrected chi connectivity index (χ4v) is 3.88. The molecule has 30 heavy (non-hydrogen) atoms. The molecule has 1 N–H and O–H groups in total. The van der Waals surface area contributed by atoms with E-state index in [-0.39, 0.29) is 12.3 Å². The topological polar surface area (TPSA) is 113 Å². The Morgan fingerprint density at radius 2 is 1.97 bits per heavy atom. The second kappa shape index (κ2) is 9.96. The van der Waals surface area contributed by atoms with Crippen molar-refractivity contribution < 1.29 is 9.66 Å². The maximum atomic E-state index is 10.6. The number of halogens is 2. The number of anilines is 1. The van der Waals surface area contributed by atoms with E-state index in [2.05, 4.69) is 53.4 Å². The zero-order chi connectivity index (χ0) is 21.5. The van der Waals surface area contributed by atoms with Gasteiger partial charge in [-0.2, -0.15) is 10.4 Å². The number of aromatic nitrogens is 1. The Labute approximate surface area is 188 Å². The number of hydrazone groups is 1. The van der Waals surface area contributed by atoms with Crippen LogP contribution in [0.5, 0.6) is 5.75 Å². The molecule has 10 heteroatoms. The highest BCUT2D eigenvalue weighted by atomic mass is 79.9. The van der Waals surface area contributed by atoms with E-state index in [0.717, 1.165) is 17.3 Å². The van der Waals surface area contributed by atoms with Crippen molar-refractivity contribution in [2.75, 3.05) is 5.43 Å². The molecular formula is C20H13Br2N5O3. The quantitative estimate of drug-likeness (QED) is 0.248. The van der Waals surface area contributed by atoms with Gasteiger partial charge in [-0.1, -0.05) is 18.2 Å². The summed E-state index contributed by atoms with van der Waals surface area (Å²) in [4.78, 5) is 14.0. The third kappa shape index (κ3) is 5.40. The van der Waals surface area contributed by atoms with Crippen LogP contribution in [0.2, 0.25) is 0 Å². The van der Waals surface area contributed by atoms with Crippen molar-refractivity contribution in [1.82, 2.24) is 4.98 Å². The Morgan fingerprint density at radius 3 is 2.60 bits per heavy atom. The number of nitrogens with zero attached hydrogens (tertiary/aromatic N) is 4. The molecule has 0 amide bonds. The molecule has 1 aromatic heterocycles. The normalized spacial score (nSPS) is 10.6. The zero-order valence-corrected chi connectivity index (χ0v) is 18.4. The molecule has 1 heterocycles. The third-order valence-corrected chi connectivity index (χ3v) is 5.06. The van der Waals surface area contributed by atoms with Gasteiger partial charge in [0.15, 0.2) is 0 Å². The van der Waals surface area contributed by atoms with E-state index in [4.69, 9.17) is 4.74 Å². The number of nitriles is 1. The molecule has 8 nitrogen and oxygen atoms in total. The molecule has 0 aliphatic heterocycles. The summed E-state index contributed by atoms with van der Waals surface area (Å²) in [6.07, 6.45) is 2.73. The van der Waals surface area contributed by atoms with Crippen LogP contribution in [-0.4, -0.2) is 16.1 Å². The van der Waals surface area contributed by atoms with Crippen molar-refractivity contribution in [2.24, 2.45) is 5.10 Å². The summed E-state index contributed by atoms with van der Waals surface area (Å²) in [7, 11) is 0. The van der Waals surface area contributed by atoms with Crippen LogP contribution >= 0.6 is 31.9 Å². The molecule has 0 aliphatic carbocycles. The Bertz CT molecular complexity index is 1120. The van der Waals surface area contributed by atoms with Crippen LogP contribution in [0.1, 0.15) is 16.7 Å². The predicted octanol–water partition coefficient (Wildman–Crippen LogP) is 5.41. The number of nitro groups is 1. The summed E-state index contributed by atoms with van der Waals surface area (Å²) in [5.74, 6) is 0.982. The summed E-state index contributed by atoms with van der Waals surface area (Å²) in [6.45, 7) is 0.252. The molecule has 0 saturated heterocycles. The first kappa shape index (κ1) is 21.4. The first-order valence-electron chi connectivity index (χ1n) is 8.47. The molecule has 3 rings (SSSR count). The van der Waals surface area contributed by atoms with Gasteiger partial charge >= 0.3 is 0 Å². The van der Waals surface area contributed by atoms with Crippen LogP contribution in [0.25, 0.3) is 0 Å². The minimum Gasteiger partial charge on any atom is -0.486 e. The number of rotatable bonds is 7. The van der Waals surface area contributed by atoms with Gasteiger partial charge in [0.2, 0.25) is 0 Å². The minimum atomic E-state index is -0.516. The molecule has 0 atom stereocenters. The number of pyridine rings is 1. The lowest BCUT2D eigenvalue weighted by molar-refractivity contribution is -0.385. The summed E-state index contributed by atoms with van der Waals surface area (Å²) < 4.78 is 7.30. The van der Waals surface area contributed by atoms with E-state index in [1.54, 1.807) is 12.3 Å². The Kier molecular flexibility index (Phi) is 7.11. The van der Waals surface area contributed by atoms with E-state index >= 15 is 0 Å². The van der Waals surface area contributed by atoms with Crippen molar-refractivity contribution >= 4 is 49.6 Å². The average Bonchev–Trinajstić information content (AvgIpc) is 2.74. The molecule has 150 valence electrons.